The van der Waals surface area contributed by atoms with Gasteiger partial charge in [0.15, 0.2) is 0 Å². The maximum atomic E-state index is 6.02. The van der Waals surface area contributed by atoms with E-state index in [1.807, 2.05) is 0 Å². The fourth-order valence-electron chi connectivity index (χ4n) is 3.61. The molecule has 0 bridgehead atoms. The Morgan fingerprint density at radius 2 is 2.11 bits per heavy atom. The third-order valence-corrected chi connectivity index (χ3v) is 4.51. The number of ether oxygens (including phenoxy) is 1. The quantitative estimate of drug-likeness (QED) is 0.890. The van der Waals surface area contributed by atoms with Crippen molar-refractivity contribution in [2.75, 3.05) is 13.7 Å². The third kappa shape index (κ3) is 1.82. The molecule has 1 atom stereocenters. The lowest BCUT2D eigenvalue weighted by molar-refractivity contribution is 0.151. The number of nitrogens with two attached hydrogens (primary N) is 1. The largest absolute Gasteiger partial charge is 0.496 e. The fourth-order valence-corrected chi connectivity index (χ4v) is 3.61. The van der Waals surface area contributed by atoms with Crippen molar-refractivity contribution in [3.63, 3.8) is 0 Å². The summed E-state index contributed by atoms with van der Waals surface area (Å²) in [6, 6.07) is 7.46. The molecule has 1 heterocycles. The van der Waals surface area contributed by atoms with Crippen LogP contribution in [0.3, 0.4) is 0 Å². The van der Waals surface area contributed by atoms with E-state index in [1.54, 1.807) is 7.11 Å². The first-order chi connectivity index (χ1) is 8.85. The van der Waals surface area contributed by atoms with Crippen LogP contribution in [-0.2, 0) is 6.54 Å². The van der Waals surface area contributed by atoms with E-state index in [4.69, 9.17) is 10.5 Å². The van der Waals surface area contributed by atoms with Gasteiger partial charge in [0, 0.05) is 30.7 Å². The maximum absolute atomic E-state index is 6.02. The first-order valence-corrected chi connectivity index (χ1v) is 6.96. The normalized spacial score (nSPS) is 24.4. The molecule has 3 rings (SSSR count). The second-order valence-corrected chi connectivity index (χ2v) is 5.39. The molecule has 1 aromatic rings. The van der Waals surface area contributed by atoms with Crippen LogP contribution in [0.15, 0.2) is 18.2 Å². The molecule has 2 aliphatic rings. The highest BCUT2D eigenvalue weighted by Gasteiger charge is 2.36. The second kappa shape index (κ2) is 4.90. The Bertz CT molecular complexity index is 427. The number of nitrogens with zero attached hydrogens (tertiary/aromatic N) is 1. The molecule has 0 aromatic heterocycles. The van der Waals surface area contributed by atoms with E-state index in [1.165, 1.54) is 36.8 Å². The van der Waals surface area contributed by atoms with E-state index in [-0.39, 0.29) is 0 Å². The molecule has 1 fully saturated rings. The molecule has 18 heavy (non-hydrogen) atoms. The number of hydrogen-bond acceptors (Lipinski definition) is 3. The number of hydrogen-bond donors (Lipinski definition) is 1. The molecule has 0 spiro atoms. The third-order valence-electron chi connectivity index (χ3n) is 4.51. The summed E-state index contributed by atoms with van der Waals surface area (Å²) in [5, 5.41) is 0. The van der Waals surface area contributed by atoms with Gasteiger partial charge < -0.3 is 10.5 Å². The predicted octanol–water partition coefficient (Wildman–Crippen LogP) is 2.45. The number of methoxy groups -OCH3 is 1. The molecule has 1 saturated carbocycles. The summed E-state index contributed by atoms with van der Waals surface area (Å²) in [4.78, 5) is 2.60. The van der Waals surface area contributed by atoms with Crippen LogP contribution in [0.2, 0.25) is 0 Å². The lowest BCUT2D eigenvalue weighted by Crippen LogP contribution is -2.35. The van der Waals surface area contributed by atoms with Crippen LogP contribution in [-0.4, -0.2) is 24.6 Å². The molecule has 0 amide bonds. The van der Waals surface area contributed by atoms with Crippen LogP contribution in [0.25, 0.3) is 0 Å². The zero-order chi connectivity index (χ0) is 12.5. The predicted molar refractivity (Wildman–Crippen MR) is 72.6 cm³/mol. The lowest BCUT2D eigenvalue weighted by Gasteiger charge is -2.29. The maximum Gasteiger partial charge on any atom is 0.123 e. The molecule has 0 radical (unpaired) electrons. The molecule has 2 N–H and O–H groups in total. The SMILES string of the molecule is COc1cccc2c1CN(C1CCCC1)C2CN. The van der Waals surface area contributed by atoms with Crippen molar-refractivity contribution in [3.8, 4) is 5.75 Å². The van der Waals surface area contributed by atoms with E-state index in [9.17, 15) is 0 Å². The summed E-state index contributed by atoms with van der Waals surface area (Å²) < 4.78 is 5.49. The minimum atomic E-state index is 0.387. The standard InChI is InChI=1S/C15H22N2O/c1-18-15-8-4-7-12-13(15)10-17(14(12)9-16)11-5-2-3-6-11/h4,7-8,11,14H,2-3,5-6,9-10,16H2,1H3. The summed E-state index contributed by atoms with van der Waals surface area (Å²) >= 11 is 0. The molecule has 1 aromatic carbocycles. The highest BCUT2D eigenvalue weighted by atomic mass is 16.5. The number of fused-ring (bicyclic) bond motifs is 1. The molecule has 1 aliphatic carbocycles. The van der Waals surface area contributed by atoms with Gasteiger partial charge in [-0.15, -0.1) is 0 Å². The van der Waals surface area contributed by atoms with Gasteiger partial charge in [-0.3, -0.25) is 4.90 Å². The van der Waals surface area contributed by atoms with Gasteiger partial charge in [-0.25, -0.2) is 0 Å². The lowest BCUT2D eigenvalue weighted by atomic mass is 10.0. The molecule has 3 heteroatoms. The Kier molecular flexibility index (Phi) is 3.27. The minimum Gasteiger partial charge on any atom is -0.496 e. The van der Waals surface area contributed by atoms with Gasteiger partial charge in [0.1, 0.15) is 5.75 Å². The Morgan fingerprint density at radius 3 is 2.78 bits per heavy atom. The van der Waals surface area contributed by atoms with Gasteiger partial charge in [-0.05, 0) is 24.5 Å². The van der Waals surface area contributed by atoms with E-state index in [0.29, 0.717) is 12.6 Å². The van der Waals surface area contributed by atoms with E-state index in [0.717, 1.165) is 18.3 Å². The van der Waals surface area contributed by atoms with E-state index in [2.05, 4.69) is 23.1 Å². The van der Waals surface area contributed by atoms with Gasteiger partial charge >= 0.3 is 0 Å². The van der Waals surface area contributed by atoms with Crippen molar-refractivity contribution in [1.29, 1.82) is 0 Å². The molecular formula is C15H22N2O. The van der Waals surface area contributed by atoms with Crippen LogP contribution in [0.1, 0.15) is 42.9 Å². The zero-order valence-electron chi connectivity index (χ0n) is 11.1. The summed E-state index contributed by atoms with van der Waals surface area (Å²) in [5.41, 5.74) is 8.74. The Balaban J connectivity index is 1.93. The van der Waals surface area contributed by atoms with Gasteiger partial charge in [-0.2, -0.15) is 0 Å². The molecular weight excluding hydrogens is 224 g/mol. The van der Waals surface area contributed by atoms with Crippen LogP contribution in [0.5, 0.6) is 5.75 Å². The Labute approximate surface area is 109 Å². The van der Waals surface area contributed by atoms with Gasteiger partial charge in [0.05, 0.1) is 7.11 Å². The highest BCUT2D eigenvalue weighted by molar-refractivity contribution is 5.45. The fraction of sp³-hybridized carbons (Fsp3) is 0.600. The van der Waals surface area contributed by atoms with Crippen LogP contribution in [0, 0.1) is 0 Å². The Hall–Kier alpha value is -1.06. The van der Waals surface area contributed by atoms with Crippen molar-refractivity contribution >= 4 is 0 Å². The van der Waals surface area contributed by atoms with Gasteiger partial charge in [0.25, 0.3) is 0 Å². The molecule has 1 unspecified atom stereocenters. The number of rotatable bonds is 3. The van der Waals surface area contributed by atoms with Gasteiger partial charge in [-0.1, -0.05) is 25.0 Å². The van der Waals surface area contributed by atoms with E-state index >= 15 is 0 Å². The monoisotopic (exact) mass is 246 g/mol. The van der Waals surface area contributed by atoms with Crippen LogP contribution >= 0.6 is 0 Å². The average Bonchev–Trinajstić information content (AvgIpc) is 3.04. The zero-order valence-corrected chi connectivity index (χ0v) is 11.1. The van der Waals surface area contributed by atoms with Gasteiger partial charge in [0.2, 0.25) is 0 Å². The Morgan fingerprint density at radius 1 is 1.33 bits per heavy atom. The first-order valence-electron chi connectivity index (χ1n) is 6.96. The molecule has 1 aliphatic heterocycles. The van der Waals surface area contributed by atoms with Crippen molar-refractivity contribution in [2.24, 2.45) is 5.73 Å². The smallest absolute Gasteiger partial charge is 0.123 e. The second-order valence-electron chi connectivity index (χ2n) is 5.39. The van der Waals surface area contributed by atoms with Crippen molar-refractivity contribution < 1.29 is 4.74 Å². The summed E-state index contributed by atoms with van der Waals surface area (Å²) in [5.74, 6) is 1.02. The topological polar surface area (TPSA) is 38.5 Å². The van der Waals surface area contributed by atoms with Crippen molar-refractivity contribution in [1.82, 2.24) is 4.90 Å². The first kappa shape index (κ1) is 12.0. The van der Waals surface area contributed by atoms with Crippen molar-refractivity contribution in [3.05, 3.63) is 29.3 Å². The molecule has 3 nitrogen and oxygen atoms in total. The summed E-state index contributed by atoms with van der Waals surface area (Å²) in [6.07, 6.45) is 5.39. The molecule has 98 valence electrons. The van der Waals surface area contributed by atoms with Crippen LogP contribution in [0.4, 0.5) is 0 Å². The average molecular weight is 246 g/mol. The minimum absolute atomic E-state index is 0.387. The molecule has 0 saturated heterocycles. The van der Waals surface area contributed by atoms with E-state index < -0.39 is 0 Å². The highest BCUT2D eigenvalue weighted by Crippen LogP contribution is 2.42. The summed E-state index contributed by atoms with van der Waals surface area (Å²) in [6.45, 7) is 1.71. The van der Waals surface area contributed by atoms with Crippen LogP contribution < -0.4 is 10.5 Å². The number of benzene rings is 1. The summed E-state index contributed by atoms with van der Waals surface area (Å²) in [7, 11) is 1.76. The van der Waals surface area contributed by atoms with Crippen molar-refractivity contribution in [2.45, 2.75) is 44.3 Å².